The van der Waals surface area contributed by atoms with E-state index in [9.17, 15) is 8.42 Å². The van der Waals surface area contributed by atoms with E-state index in [0.29, 0.717) is 17.4 Å². The van der Waals surface area contributed by atoms with Crippen molar-refractivity contribution in [1.29, 1.82) is 0 Å². The maximum atomic E-state index is 13.3. The number of unbranched alkanes of at least 4 members (excludes halogenated alkanes) is 1. The van der Waals surface area contributed by atoms with Gasteiger partial charge in [0.25, 0.3) is 0 Å². The molecule has 0 aromatic heterocycles. The molecule has 0 unspecified atom stereocenters. The topological polar surface area (TPSA) is 46.2 Å². The minimum Gasteiger partial charge on any atom is -0.211 e. The lowest BCUT2D eigenvalue weighted by atomic mass is 9.89. The predicted octanol–water partition coefficient (Wildman–Crippen LogP) is 7.25. The highest BCUT2D eigenvalue weighted by atomic mass is 32.2. The third-order valence-corrected chi connectivity index (χ3v) is 7.84. The molecular formula is C26H43NO2S. The Balaban J connectivity index is 2.11. The van der Waals surface area contributed by atoms with Crippen LogP contribution in [-0.4, -0.2) is 15.0 Å². The molecule has 1 N–H and O–H groups in total. The molecule has 0 bridgehead atoms. The van der Waals surface area contributed by atoms with E-state index in [4.69, 9.17) is 0 Å². The van der Waals surface area contributed by atoms with Crippen LogP contribution in [0.3, 0.4) is 0 Å². The molecule has 1 aromatic rings. The first kappa shape index (κ1) is 25.1. The molecule has 0 saturated heterocycles. The van der Waals surface area contributed by atoms with Crippen LogP contribution >= 0.6 is 0 Å². The van der Waals surface area contributed by atoms with Gasteiger partial charge in [-0.2, -0.15) is 0 Å². The summed E-state index contributed by atoms with van der Waals surface area (Å²) in [6.07, 6.45) is 13.1. The standard InChI is InChI=1S/C26H43NO2S/c1-19(2)23-17-24(20(3)4)26(25(18-23)21(5)6)30(28,29)27-16-12-8-11-15-22-13-9-7-10-14-22/h11,15,17-22,27H,7-10,12-14,16H2,1-6H3/b15-11+. The summed E-state index contributed by atoms with van der Waals surface area (Å²) >= 11 is 0. The van der Waals surface area contributed by atoms with Gasteiger partial charge in [0.1, 0.15) is 0 Å². The molecule has 0 heterocycles. The fourth-order valence-electron chi connectivity index (χ4n) is 4.31. The van der Waals surface area contributed by atoms with Crippen molar-refractivity contribution in [3.05, 3.63) is 41.0 Å². The van der Waals surface area contributed by atoms with Crippen molar-refractivity contribution in [2.24, 2.45) is 5.92 Å². The number of benzene rings is 1. The van der Waals surface area contributed by atoms with Gasteiger partial charge in [-0.1, -0.05) is 85.1 Å². The number of sulfonamides is 1. The Morgan fingerprint density at radius 1 is 0.933 bits per heavy atom. The average molecular weight is 434 g/mol. The smallest absolute Gasteiger partial charge is 0.211 e. The van der Waals surface area contributed by atoms with Crippen LogP contribution in [0.4, 0.5) is 0 Å². The van der Waals surface area contributed by atoms with E-state index in [-0.39, 0.29) is 11.8 Å². The Bertz CT molecular complexity index is 771. The first-order chi connectivity index (χ1) is 14.1. The van der Waals surface area contributed by atoms with Crippen LogP contribution in [0.5, 0.6) is 0 Å². The van der Waals surface area contributed by atoms with Gasteiger partial charge in [0.05, 0.1) is 4.90 Å². The van der Waals surface area contributed by atoms with Gasteiger partial charge in [0.15, 0.2) is 0 Å². The SMILES string of the molecule is CC(C)c1cc(C(C)C)c(S(=O)(=O)NCCC/C=C/C2CCCCC2)c(C(C)C)c1. The van der Waals surface area contributed by atoms with E-state index in [1.54, 1.807) is 0 Å². The van der Waals surface area contributed by atoms with Crippen LogP contribution in [0.15, 0.2) is 29.2 Å². The van der Waals surface area contributed by atoms with Crippen LogP contribution in [0, 0.1) is 5.92 Å². The lowest BCUT2D eigenvalue weighted by Gasteiger charge is -2.23. The zero-order chi connectivity index (χ0) is 22.3. The second-order valence-electron chi connectivity index (χ2n) is 9.86. The summed E-state index contributed by atoms with van der Waals surface area (Å²) in [5.41, 5.74) is 3.10. The van der Waals surface area contributed by atoms with Gasteiger partial charge in [0.2, 0.25) is 10.0 Å². The quantitative estimate of drug-likeness (QED) is 0.312. The van der Waals surface area contributed by atoms with Crippen molar-refractivity contribution in [1.82, 2.24) is 4.72 Å². The summed E-state index contributed by atoms with van der Waals surface area (Å²) in [7, 11) is -3.54. The minimum atomic E-state index is -3.54. The number of nitrogens with one attached hydrogen (secondary N) is 1. The highest BCUT2D eigenvalue weighted by Crippen LogP contribution is 2.35. The summed E-state index contributed by atoms with van der Waals surface area (Å²) in [5, 5.41) is 0. The minimum absolute atomic E-state index is 0.159. The van der Waals surface area contributed by atoms with Crippen LogP contribution in [0.1, 0.15) is 121 Å². The fourth-order valence-corrected chi connectivity index (χ4v) is 6.08. The van der Waals surface area contributed by atoms with Gasteiger partial charge >= 0.3 is 0 Å². The second-order valence-corrected chi connectivity index (χ2v) is 11.6. The molecule has 3 nitrogen and oxygen atoms in total. The fraction of sp³-hybridized carbons (Fsp3) is 0.692. The van der Waals surface area contributed by atoms with Crippen molar-refractivity contribution < 1.29 is 8.42 Å². The second kappa shape index (κ2) is 11.5. The lowest BCUT2D eigenvalue weighted by Crippen LogP contribution is -2.27. The van der Waals surface area contributed by atoms with Gasteiger partial charge in [0, 0.05) is 6.54 Å². The molecule has 30 heavy (non-hydrogen) atoms. The molecule has 1 aliphatic carbocycles. The largest absolute Gasteiger partial charge is 0.241 e. The van der Waals surface area contributed by atoms with Crippen molar-refractivity contribution >= 4 is 10.0 Å². The van der Waals surface area contributed by atoms with Crippen LogP contribution in [0.2, 0.25) is 0 Å². The molecule has 0 amide bonds. The maximum absolute atomic E-state index is 13.3. The van der Waals surface area contributed by atoms with Crippen molar-refractivity contribution in [2.45, 2.75) is 109 Å². The molecule has 0 aliphatic heterocycles. The Hall–Kier alpha value is -1.13. The number of allylic oxidation sites excluding steroid dienone is 2. The Morgan fingerprint density at radius 3 is 2.00 bits per heavy atom. The molecule has 0 spiro atoms. The van der Waals surface area contributed by atoms with Gasteiger partial charge in [-0.15, -0.1) is 0 Å². The van der Waals surface area contributed by atoms with Crippen molar-refractivity contribution in [3.63, 3.8) is 0 Å². The predicted molar refractivity (Wildman–Crippen MR) is 129 cm³/mol. The lowest BCUT2D eigenvalue weighted by molar-refractivity contribution is 0.418. The first-order valence-electron chi connectivity index (χ1n) is 12.0. The molecule has 0 radical (unpaired) electrons. The Labute approximate surface area is 185 Å². The van der Waals surface area contributed by atoms with Gasteiger partial charge in [-0.3, -0.25) is 0 Å². The van der Waals surface area contributed by atoms with E-state index in [1.807, 2.05) is 0 Å². The summed E-state index contributed by atoms with van der Waals surface area (Å²) in [6, 6.07) is 4.20. The summed E-state index contributed by atoms with van der Waals surface area (Å²) < 4.78 is 29.5. The number of hydrogen-bond donors (Lipinski definition) is 1. The van der Waals surface area contributed by atoms with Crippen LogP contribution in [-0.2, 0) is 10.0 Å². The molecule has 170 valence electrons. The Morgan fingerprint density at radius 2 is 1.50 bits per heavy atom. The third kappa shape index (κ3) is 6.95. The molecular weight excluding hydrogens is 390 g/mol. The van der Waals surface area contributed by atoms with Gasteiger partial charge in [-0.05, 0) is 66.0 Å². The number of hydrogen-bond acceptors (Lipinski definition) is 2. The molecule has 2 rings (SSSR count). The van der Waals surface area contributed by atoms with E-state index >= 15 is 0 Å². The highest BCUT2D eigenvalue weighted by molar-refractivity contribution is 7.89. The molecule has 1 aromatic carbocycles. The highest BCUT2D eigenvalue weighted by Gasteiger charge is 2.26. The summed E-state index contributed by atoms with van der Waals surface area (Å²) in [4.78, 5) is 0.509. The third-order valence-electron chi connectivity index (χ3n) is 6.25. The van der Waals surface area contributed by atoms with Gasteiger partial charge in [-0.25, -0.2) is 13.1 Å². The molecule has 1 saturated carbocycles. The van der Waals surface area contributed by atoms with Crippen LogP contribution in [0.25, 0.3) is 0 Å². The van der Waals surface area contributed by atoms with Crippen molar-refractivity contribution in [2.75, 3.05) is 6.54 Å². The molecule has 4 heteroatoms. The maximum Gasteiger partial charge on any atom is 0.241 e. The van der Waals surface area contributed by atoms with Crippen molar-refractivity contribution in [3.8, 4) is 0 Å². The summed E-state index contributed by atoms with van der Waals surface area (Å²) in [5.74, 6) is 1.43. The molecule has 1 fully saturated rings. The number of rotatable bonds is 10. The summed E-state index contributed by atoms with van der Waals surface area (Å²) in [6.45, 7) is 13.1. The Kier molecular flexibility index (Phi) is 9.62. The van der Waals surface area contributed by atoms with E-state index in [0.717, 1.165) is 29.9 Å². The van der Waals surface area contributed by atoms with E-state index in [2.05, 4.69) is 70.5 Å². The zero-order valence-electron chi connectivity index (χ0n) is 20.0. The average Bonchev–Trinajstić information content (AvgIpc) is 2.70. The first-order valence-corrected chi connectivity index (χ1v) is 13.5. The van der Waals surface area contributed by atoms with Gasteiger partial charge < -0.3 is 0 Å². The molecule has 1 aliphatic rings. The van der Waals surface area contributed by atoms with E-state index < -0.39 is 10.0 Å². The normalized spacial score (nSPS) is 16.4. The molecule has 0 atom stereocenters. The van der Waals surface area contributed by atoms with Crippen LogP contribution < -0.4 is 4.72 Å². The van der Waals surface area contributed by atoms with E-state index in [1.165, 1.54) is 37.7 Å². The monoisotopic (exact) mass is 433 g/mol. The zero-order valence-corrected chi connectivity index (χ0v) is 20.8.